The van der Waals surface area contributed by atoms with Crippen molar-refractivity contribution in [1.29, 1.82) is 0 Å². The number of ether oxygens (including phenoxy) is 1. The molecule has 1 aromatic carbocycles. The Morgan fingerprint density at radius 1 is 1.29 bits per heavy atom. The van der Waals surface area contributed by atoms with Gasteiger partial charge in [-0.2, -0.15) is 0 Å². The molecule has 0 aliphatic heterocycles. The molecule has 21 heavy (non-hydrogen) atoms. The van der Waals surface area contributed by atoms with Crippen LogP contribution in [-0.4, -0.2) is 29.8 Å². The van der Waals surface area contributed by atoms with Gasteiger partial charge in [0, 0.05) is 26.8 Å². The van der Waals surface area contributed by atoms with Gasteiger partial charge in [0.25, 0.3) is 0 Å². The number of hydrogen-bond acceptors (Lipinski definition) is 3. The van der Waals surface area contributed by atoms with Crippen molar-refractivity contribution in [2.24, 2.45) is 5.41 Å². The van der Waals surface area contributed by atoms with E-state index in [9.17, 15) is 0 Å². The predicted molar refractivity (Wildman–Crippen MR) is 87.4 cm³/mol. The molecule has 0 bridgehead atoms. The second-order valence-electron chi connectivity index (χ2n) is 6.27. The van der Waals surface area contributed by atoms with Crippen LogP contribution in [0.25, 0.3) is 11.0 Å². The SMILES string of the molecule is CCn1c(CNCC(C)(C)CCOC)nc2ccccc21. The normalized spacial score (nSPS) is 12.2. The van der Waals surface area contributed by atoms with Gasteiger partial charge in [-0.3, -0.25) is 0 Å². The average Bonchev–Trinajstić information content (AvgIpc) is 2.82. The monoisotopic (exact) mass is 289 g/mol. The molecule has 0 atom stereocenters. The zero-order valence-electron chi connectivity index (χ0n) is 13.6. The Morgan fingerprint density at radius 2 is 2.05 bits per heavy atom. The van der Waals surface area contributed by atoms with Gasteiger partial charge in [0.1, 0.15) is 5.82 Å². The number of aromatic nitrogens is 2. The molecular formula is C17H27N3O. The van der Waals surface area contributed by atoms with Crippen LogP contribution in [0.4, 0.5) is 0 Å². The smallest absolute Gasteiger partial charge is 0.123 e. The largest absolute Gasteiger partial charge is 0.385 e. The van der Waals surface area contributed by atoms with Crippen LogP contribution in [0, 0.1) is 5.41 Å². The van der Waals surface area contributed by atoms with Gasteiger partial charge < -0.3 is 14.6 Å². The maximum Gasteiger partial charge on any atom is 0.123 e. The van der Waals surface area contributed by atoms with Gasteiger partial charge in [-0.1, -0.05) is 26.0 Å². The van der Waals surface area contributed by atoms with Gasteiger partial charge in [0.05, 0.1) is 17.6 Å². The Kier molecular flexibility index (Phi) is 5.37. The van der Waals surface area contributed by atoms with Crippen LogP contribution in [0.15, 0.2) is 24.3 Å². The highest BCUT2D eigenvalue weighted by molar-refractivity contribution is 5.75. The highest BCUT2D eigenvalue weighted by atomic mass is 16.5. The quantitative estimate of drug-likeness (QED) is 0.811. The van der Waals surface area contributed by atoms with Gasteiger partial charge in [-0.15, -0.1) is 0 Å². The molecule has 4 nitrogen and oxygen atoms in total. The van der Waals surface area contributed by atoms with Crippen LogP contribution in [0.2, 0.25) is 0 Å². The summed E-state index contributed by atoms with van der Waals surface area (Å²) in [6, 6.07) is 8.33. The van der Waals surface area contributed by atoms with Crippen molar-refractivity contribution in [2.75, 3.05) is 20.3 Å². The molecule has 0 radical (unpaired) electrons. The molecule has 1 heterocycles. The minimum atomic E-state index is 0.235. The standard InChI is InChI=1S/C17H27N3O/c1-5-20-15-9-7-6-8-14(15)19-16(20)12-18-13-17(2,3)10-11-21-4/h6-9,18H,5,10-13H2,1-4H3. The fraction of sp³-hybridized carbons (Fsp3) is 0.588. The molecule has 0 aliphatic carbocycles. The van der Waals surface area contributed by atoms with E-state index in [1.54, 1.807) is 7.11 Å². The van der Waals surface area contributed by atoms with E-state index in [2.05, 4.69) is 48.9 Å². The van der Waals surface area contributed by atoms with Crippen molar-refractivity contribution >= 4 is 11.0 Å². The lowest BCUT2D eigenvalue weighted by molar-refractivity contribution is 0.150. The molecule has 1 aromatic heterocycles. The molecule has 116 valence electrons. The number of para-hydroxylation sites is 2. The first-order valence-corrected chi connectivity index (χ1v) is 7.71. The van der Waals surface area contributed by atoms with Crippen molar-refractivity contribution in [3.63, 3.8) is 0 Å². The Hall–Kier alpha value is -1.39. The molecule has 4 heteroatoms. The lowest BCUT2D eigenvalue weighted by Gasteiger charge is -2.24. The van der Waals surface area contributed by atoms with Gasteiger partial charge in [0.15, 0.2) is 0 Å². The molecule has 2 aromatic rings. The van der Waals surface area contributed by atoms with E-state index in [1.165, 1.54) is 5.52 Å². The molecule has 0 aliphatic rings. The first kappa shape index (κ1) is 16.0. The van der Waals surface area contributed by atoms with Gasteiger partial charge in [-0.25, -0.2) is 4.98 Å². The summed E-state index contributed by atoms with van der Waals surface area (Å²) in [5.74, 6) is 1.11. The van der Waals surface area contributed by atoms with Crippen LogP contribution < -0.4 is 5.32 Å². The summed E-state index contributed by atoms with van der Waals surface area (Å²) in [7, 11) is 1.76. The summed E-state index contributed by atoms with van der Waals surface area (Å²) in [6.07, 6.45) is 1.06. The highest BCUT2D eigenvalue weighted by Crippen LogP contribution is 2.20. The number of methoxy groups -OCH3 is 1. The molecule has 0 saturated carbocycles. The first-order chi connectivity index (χ1) is 10.1. The summed E-state index contributed by atoms with van der Waals surface area (Å²) in [5.41, 5.74) is 2.53. The zero-order chi connectivity index (χ0) is 15.3. The fourth-order valence-electron chi connectivity index (χ4n) is 2.59. The Labute approximate surface area is 127 Å². The molecule has 0 amide bonds. The molecule has 0 saturated heterocycles. The maximum absolute atomic E-state index is 5.17. The van der Waals surface area contributed by atoms with Crippen molar-refractivity contribution in [3.8, 4) is 0 Å². The Morgan fingerprint density at radius 3 is 2.76 bits per heavy atom. The lowest BCUT2D eigenvalue weighted by atomic mass is 9.90. The minimum absolute atomic E-state index is 0.235. The molecule has 2 rings (SSSR count). The minimum Gasteiger partial charge on any atom is -0.385 e. The van der Waals surface area contributed by atoms with E-state index >= 15 is 0 Å². The van der Waals surface area contributed by atoms with Crippen LogP contribution in [0.1, 0.15) is 33.0 Å². The topological polar surface area (TPSA) is 39.1 Å². The number of hydrogen-bond donors (Lipinski definition) is 1. The number of benzene rings is 1. The Balaban J connectivity index is 2.00. The Bertz CT molecular complexity index is 574. The summed E-state index contributed by atoms with van der Waals surface area (Å²) in [4.78, 5) is 4.74. The number of rotatable bonds is 8. The second-order valence-corrected chi connectivity index (χ2v) is 6.27. The molecule has 0 fully saturated rings. The van der Waals surface area contributed by atoms with Crippen LogP contribution in [0.3, 0.4) is 0 Å². The number of nitrogens with one attached hydrogen (secondary N) is 1. The van der Waals surface area contributed by atoms with Crippen LogP contribution in [-0.2, 0) is 17.8 Å². The zero-order valence-corrected chi connectivity index (χ0v) is 13.6. The molecule has 0 spiro atoms. The molecular weight excluding hydrogens is 262 g/mol. The van der Waals surface area contributed by atoms with Crippen LogP contribution >= 0.6 is 0 Å². The average molecular weight is 289 g/mol. The van der Waals surface area contributed by atoms with Gasteiger partial charge in [0.2, 0.25) is 0 Å². The van der Waals surface area contributed by atoms with Crippen molar-refractivity contribution < 1.29 is 4.74 Å². The number of aryl methyl sites for hydroxylation is 1. The van der Waals surface area contributed by atoms with E-state index < -0.39 is 0 Å². The second kappa shape index (κ2) is 7.05. The fourth-order valence-corrected chi connectivity index (χ4v) is 2.59. The van der Waals surface area contributed by atoms with E-state index in [0.29, 0.717) is 0 Å². The summed E-state index contributed by atoms with van der Waals surface area (Å²) >= 11 is 0. The van der Waals surface area contributed by atoms with E-state index in [4.69, 9.17) is 9.72 Å². The number of imidazole rings is 1. The highest BCUT2D eigenvalue weighted by Gasteiger charge is 2.17. The summed E-state index contributed by atoms with van der Waals surface area (Å²) in [5, 5.41) is 3.55. The number of fused-ring (bicyclic) bond motifs is 1. The maximum atomic E-state index is 5.17. The predicted octanol–water partition coefficient (Wildman–Crippen LogP) is 3.21. The first-order valence-electron chi connectivity index (χ1n) is 7.71. The third-order valence-electron chi connectivity index (χ3n) is 3.92. The third kappa shape index (κ3) is 4.05. The summed E-state index contributed by atoms with van der Waals surface area (Å²) < 4.78 is 7.46. The van der Waals surface area contributed by atoms with Gasteiger partial charge in [-0.05, 0) is 30.9 Å². The van der Waals surface area contributed by atoms with E-state index in [1.807, 2.05) is 6.07 Å². The van der Waals surface area contributed by atoms with Gasteiger partial charge >= 0.3 is 0 Å². The van der Waals surface area contributed by atoms with E-state index in [0.717, 1.165) is 44.0 Å². The van der Waals surface area contributed by atoms with E-state index in [-0.39, 0.29) is 5.41 Å². The van der Waals surface area contributed by atoms with Crippen LogP contribution in [0.5, 0.6) is 0 Å². The lowest BCUT2D eigenvalue weighted by Crippen LogP contribution is -2.30. The molecule has 0 unspecified atom stereocenters. The third-order valence-corrected chi connectivity index (χ3v) is 3.92. The number of nitrogens with zero attached hydrogens (tertiary/aromatic N) is 2. The van der Waals surface area contributed by atoms with Crippen molar-refractivity contribution in [2.45, 2.75) is 40.3 Å². The van der Waals surface area contributed by atoms with Crippen molar-refractivity contribution in [1.82, 2.24) is 14.9 Å². The molecule has 1 N–H and O–H groups in total. The summed E-state index contributed by atoms with van der Waals surface area (Å²) in [6.45, 7) is 10.2. The van der Waals surface area contributed by atoms with Crippen molar-refractivity contribution in [3.05, 3.63) is 30.1 Å².